The Bertz CT molecular complexity index is 1610. The number of hydrogen-bond donors (Lipinski definition) is 1. The SMILES string of the molecule is C[C@@]1(O)CC[C@@H]2COc3nn(C4CCCC4N4CCC4)c4nc(-c5noc6c5CCC[C@@]65CCCCC5=O)nc(c34)N2C1. The minimum Gasteiger partial charge on any atom is -0.474 e. The average molecular weight is 588 g/mol. The van der Waals surface area contributed by atoms with Crippen molar-refractivity contribution in [2.75, 3.05) is 31.1 Å². The molecule has 2 unspecified atom stereocenters. The number of anilines is 1. The van der Waals surface area contributed by atoms with Crippen LogP contribution in [0.4, 0.5) is 5.82 Å². The predicted octanol–water partition coefficient (Wildman–Crippen LogP) is 4.11. The third kappa shape index (κ3) is 3.89. The summed E-state index contributed by atoms with van der Waals surface area (Å²) in [7, 11) is 0. The summed E-state index contributed by atoms with van der Waals surface area (Å²) in [4.78, 5) is 28.6. The van der Waals surface area contributed by atoms with E-state index in [2.05, 4.69) is 19.6 Å². The molecule has 3 aliphatic carbocycles. The topological polar surface area (TPSA) is 123 Å². The number of Topliss-reactive ketones (excluding diaryl/α,β-unsaturated/α-hetero) is 1. The molecular weight excluding hydrogens is 546 g/mol. The van der Waals surface area contributed by atoms with E-state index in [-0.39, 0.29) is 12.1 Å². The van der Waals surface area contributed by atoms with E-state index in [4.69, 9.17) is 24.3 Å². The molecule has 9 rings (SSSR count). The second-order valence-electron chi connectivity index (χ2n) is 14.3. The van der Waals surface area contributed by atoms with Crippen LogP contribution in [-0.4, -0.2) is 84.6 Å². The standard InChI is InChI=1S/C32H41N7O4/c1-31(41)14-11-19-17-42-30-24-28(38(19)18-31)33-27(34-29(24)39(35-30)22-9-4-8-21(22)37-15-6-16-37)25-20-7-5-13-32(26(20)43-36-25)12-3-2-10-23(32)40/h19,21-22,41H,2-18H2,1H3/t19-,21?,22?,31-,32-/m1/s1. The van der Waals surface area contributed by atoms with Crippen LogP contribution in [0.25, 0.3) is 22.6 Å². The molecule has 0 aromatic carbocycles. The highest BCUT2D eigenvalue weighted by atomic mass is 16.5. The molecular formula is C32H41N7O4. The summed E-state index contributed by atoms with van der Waals surface area (Å²) in [5, 5.41) is 21.8. The molecule has 2 saturated heterocycles. The molecule has 11 nitrogen and oxygen atoms in total. The van der Waals surface area contributed by atoms with Crippen LogP contribution in [0, 0.1) is 0 Å². The van der Waals surface area contributed by atoms with Crippen LogP contribution >= 0.6 is 0 Å². The average Bonchev–Trinajstić information content (AvgIpc) is 3.68. The Morgan fingerprint density at radius 1 is 0.953 bits per heavy atom. The number of fused-ring (bicyclic) bond motifs is 4. The number of aliphatic hydroxyl groups is 1. The molecule has 0 amide bonds. The van der Waals surface area contributed by atoms with Crippen molar-refractivity contribution < 1.29 is 19.2 Å². The zero-order valence-electron chi connectivity index (χ0n) is 25.1. The summed E-state index contributed by atoms with van der Waals surface area (Å²) < 4.78 is 14.7. The number of nitrogens with zero attached hydrogens (tertiary/aromatic N) is 7. The molecule has 43 heavy (non-hydrogen) atoms. The predicted molar refractivity (Wildman–Crippen MR) is 158 cm³/mol. The monoisotopic (exact) mass is 587 g/mol. The van der Waals surface area contributed by atoms with E-state index < -0.39 is 11.0 Å². The summed E-state index contributed by atoms with van der Waals surface area (Å²) in [6.07, 6.45) is 12.1. The molecule has 4 fully saturated rings. The Morgan fingerprint density at radius 3 is 2.65 bits per heavy atom. The van der Waals surface area contributed by atoms with Gasteiger partial charge in [0.15, 0.2) is 22.9 Å². The van der Waals surface area contributed by atoms with Crippen molar-refractivity contribution in [1.82, 2.24) is 29.8 Å². The smallest absolute Gasteiger partial charge is 0.246 e. The second-order valence-corrected chi connectivity index (χ2v) is 14.3. The number of ketones is 1. The number of likely N-dealkylation sites (tertiary alicyclic amines) is 1. The lowest BCUT2D eigenvalue weighted by molar-refractivity contribution is -0.128. The van der Waals surface area contributed by atoms with E-state index in [0.29, 0.717) is 55.2 Å². The molecule has 5 atom stereocenters. The second kappa shape index (κ2) is 9.47. The Morgan fingerprint density at radius 2 is 1.81 bits per heavy atom. The first-order chi connectivity index (χ1) is 20.9. The molecule has 0 radical (unpaired) electrons. The van der Waals surface area contributed by atoms with Gasteiger partial charge >= 0.3 is 0 Å². The van der Waals surface area contributed by atoms with Gasteiger partial charge < -0.3 is 19.3 Å². The fraction of sp³-hybridized carbons (Fsp3) is 0.719. The van der Waals surface area contributed by atoms with Gasteiger partial charge in [-0.3, -0.25) is 9.69 Å². The van der Waals surface area contributed by atoms with Crippen LogP contribution in [0.5, 0.6) is 5.88 Å². The van der Waals surface area contributed by atoms with Gasteiger partial charge in [-0.1, -0.05) is 11.6 Å². The van der Waals surface area contributed by atoms with Gasteiger partial charge in [-0.2, -0.15) is 0 Å². The Balaban J connectivity index is 1.23. The maximum Gasteiger partial charge on any atom is 0.246 e. The van der Waals surface area contributed by atoms with Crippen LogP contribution in [0.15, 0.2) is 4.52 Å². The minimum absolute atomic E-state index is 0.0866. The number of carbonyl (C=O) groups is 1. The van der Waals surface area contributed by atoms with Gasteiger partial charge in [-0.05, 0) is 90.6 Å². The van der Waals surface area contributed by atoms with Gasteiger partial charge in [0.25, 0.3) is 0 Å². The maximum atomic E-state index is 13.3. The molecule has 228 valence electrons. The molecule has 3 aromatic rings. The van der Waals surface area contributed by atoms with Gasteiger partial charge in [-0.25, -0.2) is 14.6 Å². The Labute approximate surface area is 250 Å². The zero-order chi connectivity index (χ0) is 28.9. The van der Waals surface area contributed by atoms with Gasteiger partial charge in [0.05, 0.1) is 23.1 Å². The quantitative estimate of drug-likeness (QED) is 0.479. The van der Waals surface area contributed by atoms with Crippen molar-refractivity contribution in [3.8, 4) is 17.4 Å². The summed E-state index contributed by atoms with van der Waals surface area (Å²) in [6, 6.07) is 0.739. The molecule has 11 heteroatoms. The summed E-state index contributed by atoms with van der Waals surface area (Å²) >= 11 is 0. The lowest BCUT2D eigenvalue weighted by Crippen LogP contribution is -2.53. The van der Waals surface area contributed by atoms with E-state index in [1.165, 1.54) is 6.42 Å². The molecule has 3 aliphatic heterocycles. The summed E-state index contributed by atoms with van der Waals surface area (Å²) in [6.45, 7) is 5.16. The van der Waals surface area contributed by atoms with Gasteiger partial charge in [-0.15, -0.1) is 5.10 Å². The van der Waals surface area contributed by atoms with Crippen LogP contribution in [0.2, 0.25) is 0 Å². The van der Waals surface area contributed by atoms with Gasteiger partial charge in [0, 0.05) is 24.6 Å². The van der Waals surface area contributed by atoms with Crippen molar-refractivity contribution in [3.05, 3.63) is 11.3 Å². The van der Waals surface area contributed by atoms with Crippen molar-refractivity contribution >= 4 is 22.6 Å². The molecule has 0 bridgehead atoms. The number of rotatable bonds is 3. The molecule has 1 spiro atoms. The third-order valence-corrected chi connectivity index (χ3v) is 11.5. The zero-order valence-corrected chi connectivity index (χ0v) is 25.1. The first-order valence-electron chi connectivity index (χ1n) is 16.6. The number of piperidine rings is 1. The van der Waals surface area contributed by atoms with Crippen molar-refractivity contribution in [3.63, 3.8) is 0 Å². The number of aromatic nitrogens is 5. The molecule has 2 saturated carbocycles. The van der Waals surface area contributed by atoms with E-state index in [1.807, 2.05) is 6.92 Å². The fourth-order valence-electron chi connectivity index (χ4n) is 9.11. The van der Waals surface area contributed by atoms with Crippen molar-refractivity contribution in [1.29, 1.82) is 0 Å². The van der Waals surface area contributed by atoms with Gasteiger partial charge in [0.2, 0.25) is 5.88 Å². The molecule has 6 aliphatic rings. The minimum atomic E-state index is -0.830. The highest BCUT2D eigenvalue weighted by molar-refractivity contribution is 5.95. The molecule has 1 N–H and O–H groups in total. The van der Waals surface area contributed by atoms with E-state index >= 15 is 0 Å². The van der Waals surface area contributed by atoms with Crippen molar-refractivity contribution in [2.45, 2.75) is 120 Å². The summed E-state index contributed by atoms with van der Waals surface area (Å²) in [5.41, 5.74) is 1.03. The fourth-order valence-corrected chi connectivity index (χ4v) is 9.11. The molecule has 3 aromatic heterocycles. The Hall–Kier alpha value is -3.05. The van der Waals surface area contributed by atoms with E-state index in [9.17, 15) is 9.90 Å². The largest absolute Gasteiger partial charge is 0.474 e. The van der Waals surface area contributed by atoms with Gasteiger partial charge in [0.1, 0.15) is 23.6 Å². The number of carbonyl (C=O) groups excluding carboxylic acids is 1. The third-order valence-electron chi connectivity index (χ3n) is 11.5. The number of hydrogen-bond acceptors (Lipinski definition) is 10. The van der Waals surface area contributed by atoms with E-state index in [0.717, 1.165) is 105 Å². The normalized spacial score (nSPS) is 34.1. The Kier molecular flexibility index (Phi) is 5.81. The lowest BCUT2D eigenvalue weighted by Gasteiger charge is -2.42. The van der Waals surface area contributed by atoms with Crippen LogP contribution in [-0.2, 0) is 16.6 Å². The summed E-state index contributed by atoms with van der Waals surface area (Å²) in [5.74, 6) is 2.91. The van der Waals surface area contributed by atoms with E-state index in [1.54, 1.807) is 0 Å². The number of ether oxygens (including phenoxy) is 1. The van der Waals surface area contributed by atoms with Crippen LogP contribution < -0.4 is 9.64 Å². The van der Waals surface area contributed by atoms with Crippen LogP contribution in [0.1, 0.15) is 101 Å². The highest BCUT2D eigenvalue weighted by Crippen LogP contribution is 2.49. The van der Waals surface area contributed by atoms with Crippen molar-refractivity contribution in [2.24, 2.45) is 0 Å². The lowest BCUT2D eigenvalue weighted by atomic mass is 9.64. The van der Waals surface area contributed by atoms with Crippen LogP contribution in [0.3, 0.4) is 0 Å². The first-order valence-corrected chi connectivity index (χ1v) is 16.6. The first kappa shape index (κ1) is 26.4. The molecule has 6 heterocycles. The maximum absolute atomic E-state index is 13.3. The highest BCUT2D eigenvalue weighted by Gasteiger charge is 2.49.